The van der Waals surface area contributed by atoms with Crippen LogP contribution < -0.4 is 20.9 Å². The molecule has 4 fully saturated rings. The Morgan fingerprint density at radius 3 is 2.31 bits per heavy atom. The van der Waals surface area contributed by atoms with Crippen LogP contribution in [0.25, 0.3) is 0 Å². The zero-order valence-corrected chi connectivity index (χ0v) is 18.0. The Bertz CT molecular complexity index is 760. The third-order valence-electron chi connectivity index (χ3n) is 6.77. The summed E-state index contributed by atoms with van der Waals surface area (Å²) in [5.41, 5.74) is 1.54. The van der Waals surface area contributed by atoms with Gasteiger partial charge in [-0.3, -0.25) is 4.79 Å². The van der Waals surface area contributed by atoms with Crippen LogP contribution in [0.15, 0.2) is 18.2 Å². The zero-order valence-electron chi connectivity index (χ0n) is 17.3. The molecule has 4 aliphatic rings. The van der Waals surface area contributed by atoms with Gasteiger partial charge in [-0.05, 0) is 74.5 Å². The Kier molecular flexibility index (Phi) is 5.65. The fourth-order valence-electron chi connectivity index (χ4n) is 6.05. The van der Waals surface area contributed by atoms with Gasteiger partial charge in [-0.15, -0.1) is 0 Å². The molecule has 1 aromatic carbocycles. The molecule has 0 saturated heterocycles. The van der Waals surface area contributed by atoms with Crippen LogP contribution in [-0.2, 0) is 4.79 Å². The molecule has 0 aliphatic heterocycles. The van der Waals surface area contributed by atoms with E-state index in [2.05, 4.69) is 16.0 Å². The fraction of sp³-hybridized carbons (Fsp3) is 0.636. The summed E-state index contributed by atoms with van der Waals surface area (Å²) in [5.74, 6) is 2.22. The van der Waals surface area contributed by atoms with Gasteiger partial charge in [0.15, 0.2) is 0 Å². The Morgan fingerprint density at radius 2 is 1.72 bits per heavy atom. The average Bonchev–Trinajstić information content (AvgIpc) is 2.59. The third kappa shape index (κ3) is 4.63. The van der Waals surface area contributed by atoms with Crippen molar-refractivity contribution in [2.24, 2.45) is 17.8 Å². The van der Waals surface area contributed by atoms with Crippen LogP contribution >= 0.6 is 11.6 Å². The number of anilines is 2. The topological polar surface area (TPSA) is 73.5 Å². The van der Waals surface area contributed by atoms with E-state index in [1.54, 1.807) is 12.1 Å². The summed E-state index contributed by atoms with van der Waals surface area (Å²) in [6.07, 6.45) is 7.62. The highest BCUT2D eigenvalue weighted by molar-refractivity contribution is 6.31. The summed E-state index contributed by atoms with van der Waals surface area (Å²) in [7, 11) is 3.82. The number of carbonyl (C=O) groups excluding carboxylic acids is 2. The van der Waals surface area contributed by atoms with Gasteiger partial charge in [-0.25, -0.2) is 4.79 Å². The first-order valence-corrected chi connectivity index (χ1v) is 11.0. The van der Waals surface area contributed by atoms with E-state index in [9.17, 15) is 9.59 Å². The molecule has 0 unspecified atom stereocenters. The number of hydrogen-bond donors (Lipinski definition) is 3. The number of nitrogens with zero attached hydrogens (tertiary/aromatic N) is 1. The number of halogens is 1. The summed E-state index contributed by atoms with van der Waals surface area (Å²) in [6, 6.07) is 5.26. The summed E-state index contributed by atoms with van der Waals surface area (Å²) in [6.45, 7) is 0.307. The van der Waals surface area contributed by atoms with Crippen LogP contribution in [0, 0.1) is 17.8 Å². The molecule has 4 aliphatic carbocycles. The number of amides is 3. The van der Waals surface area contributed by atoms with E-state index in [0.717, 1.165) is 42.7 Å². The second-order valence-electron chi connectivity index (χ2n) is 9.43. The first-order valence-electron chi connectivity index (χ1n) is 10.6. The summed E-state index contributed by atoms with van der Waals surface area (Å²) in [5, 5.41) is 9.61. The maximum Gasteiger partial charge on any atom is 0.315 e. The molecule has 4 saturated carbocycles. The minimum atomic E-state index is -0.148. The largest absolute Gasteiger partial charge is 0.376 e. The quantitative estimate of drug-likeness (QED) is 0.653. The van der Waals surface area contributed by atoms with Crippen molar-refractivity contribution in [3.63, 3.8) is 0 Å². The van der Waals surface area contributed by atoms with Crippen LogP contribution in [0.2, 0.25) is 5.02 Å². The van der Waals surface area contributed by atoms with Crippen LogP contribution in [-0.4, -0.2) is 38.1 Å². The molecule has 4 bridgehead atoms. The molecule has 0 radical (unpaired) electrons. The van der Waals surface area contributed by atoms with Crippen molar-refractivity contribution in [2.45, 2.75) is 50.5 Å². The number of nitrogens with one attached hydrogen (secondary N) is 3. The number of urea groups is 1. The highest BCUT2D eigenvalue weighted by Gasteiger charge is 2.51. The molecule has 0 spiro atoms. The van der Waals surface area contributed by atoms with Crippen LogP contribution in [0.5, 0.6) is 0 Å². The third-order valence-corrected chi connectivity index (χ3v) is 7.00. The first-order chi connectivity index (χ1) is 13.8. The van der Waals surface area contributed by atoms with Crippen molar-refractivity contribution in [2.75, 3.05) is 30.9 Å². The fourth-order valence-corrected chi connectivity index (χ4v) is 6.22. The zero-order chi connectivity index (χ0) is 20.6. The molecule has 0 aromatic heterocycles. The lowest BCUT2D eigenvalue weighted by atomic mass is 9.53. The Balaban J connectivity index is 1.25. The van der Waals surface area contributed by atoms with Crippen LogP contribution in [0.4, 0.5) is 16.2 Å². The van der Waals surface area contributed by atoms with E-state index in [4.69, 9.17) is 11.6 Å². The first kappa shape index (κ1) is 20.3. The highest BCUT2D eigenvalue weighted by Crippen LogP contribution is 2.55. The molecular formula is C22H31ClN4O2. The Hall–Kier alpha value is -1.95. The second-order valence-corrected chi connectivity index (χ2v) is 9.87. The molecule has 29 heavy (non-hydrogen) atoms. The molecule has 1 aromatic rings. The van der Waals surface area contributed by atoms with Gasteiger partial charge in [0.1, 0.15) is 0 Å². The maximum absolute atomic E-state index is 12.5. The van der Waals surface area contributed by atoms with Crippen molar-refractivity contribution in [3.8, 4) is 0 Å². The molecule has 3 N–H and O–H groups in total. The van der Waals surface area contributed by atoms with Crippen LogP contribution in [0.3, 0.4) is 0 Å². The van der Waals surface area contributed by atoms with Gasteiger partial charge in [-0.1, -0.05) is 11.6 Å². The molecule has 6 nitrogen and oxygen atoms in total. The van der Waals surface area contributed by atoms with Crippen molar-refractivity contribution in [1.82, 2.24) is 10.6 Å². The van der Waals surface area contributed by atoms with E-state index in [-0.39, 0.29) is 23.9 Å². The van der Waals surface area contributed by atoms with Crippen molar-refractivity contribution in [1.29, 1.82) is 0 Å². The minimum absolute atomic E-state index is 0.0114. The number of benzene rings is 1. The predicted octanol–water partition coefficient (Wildman–Crippen LogP) is 4.00. The summed E-state index contributed by atoms with van der Waals surface area (Å²) < 4.78 is 0. The Morgan fingerprint density at radius 1 is 1.10 bits per heavy atom. The molecule has 158 valence electrons. The lowest BCUT2D eigenvalue weighted by Crippen LogP contribution is -2.61. The standard InChI is InChI=1S/C22H31ClN4O2/c1-27(2)19-4-3-17(23)10-18(19)25-20(28)5-6-24-21(29)26-22-11-14-7-15(12-22)9-16(8-14)13-22/h3-4,10,14-16H,5-9,11-13H2,1-2H3,(H,25,28)(H2,24,26,29). The van der Waals surface area contributed by atoms with Crippen molar-refractivity contribution >= 4 is 34.9 Å². The maximum atomic E-state index is 12.5. The molecule has 7 heteroatoms. The summed E-state index contributed by atoms with van der Waals surface area (Å²) in [4.78, 5) is 26.7. The number of hydrogen-bond acceptors (Lipinski definition) is 3. The molecular weight excluding hydrogens is 388 g/mol. The van der Waals surface area contributed by atoms with E-state index in [1.165, 1.54) is 19.3 Å². The van der Waals surface area contributed by atoms with Gasteiger partial charge in [0, 0.05) is 37.6 Å². The van der Waals surface area contributed by atoms with Gasteiger partial charge < -0.3 is 20.9 Å². The smallest absolute Gasteiger partial charge is 0.315 e. The number of rotatable bonds is 6. The van der Waals surface area contributed by atoms with Gasteiger partial charge in [-0.2, -0.15) is 0 Å². The average molecular weight is 419 g/mol. The van der Waals surface area contributed by atoms with Gasteiger partial charge in [0.05, 0.1) is 11.4 Å². The lowest BCUT2D eigenvalue weighted by Gasteiger charge is -2.56. The molecule has 0 atom stereocenters. The molecule has 3 amide bonds. The van der Waals surface area contributed by atoms with Gasteiger partial charge in [0.25, 0.3) is 0 Å². The van der Waals surface area contributed by atoms with Crippen LogP contribution in [0.1, 0.15) is 44.9 Å². The monoisotopic (exact) mass is 418 g/mol. The summed E-state index contributed by atoms with van der Waals surface area (Å²) >= 11 is 6.06. The van der Waals surface area contributed by atoms with Crippen molar-refractivity contribution < 1.29 is 9.59 Å². The highest BCUT2D eigenvalue weighted by atomic mass is 35.5. The Labute approximate surface area is 177 Å². The van der Waals surface area contributed by atoms with E-state index in [0.29, 0.717) is 17.3 Å². The van der Waals surface area contributed by atoms with Crippen molar-refractivity contribution in [3.05, 3.63) is 23.2 Å². The molecule has 5 rings (SSSR count). The second kappa shape index (κ2) is 8.05. The lowest BCUT2D eigenvalue weighted by molar-refractivity contribution is -0.116. The normalized spacial score (nSPS) is 29.4. The van der Waals surface area contributed by atoms with Gasteiger partial charge >= 0.3 is 6.03 Å². The number of carbonyl (C=O) groups is 2. The molecule has 0 heterocycles. The minimum Gasteiger partial charge on any atom is -0.376 e. The van der Waals surface area contributed by atoms with E-state index >= 15 is 0 Å². The van der Waals surface area contributed by atoms with Gasteiger partial charge in [0.2, 0.25) is 5.91 Å². The SMILES string of the molecule is CN(C)c1ccc(Cl)cc1NC(=O)CCNC(=O)NC12CC3CC(CC(C3)C1)C2. The van der Waals surface area contributed by atoms with E-state index < -0.39 is 0 Å². The van der Waals surface area contributed by atoms with E-state index in [1.807, 2.05) is 25.1 Å². The predicted molar refractivity (Wildman–Crippen MR) is 116 cm³/mol.